The number of benzene rings is 5. The lowest BCUT2D eigenvalue weighted by Crippen LogP contribution is -2.48. The van der Waals surface area contributed by atoms with Gasteiger partial charge in [-0.3, -0.25) is 0 Å². The van der Waals surface area contributed by atoms with Crippen molar-refractivity contribution in [2.45, 2.75) is 128 Å². The molecule has 6 aliphatic carbocycles. The number of rotatable bonds is 8. The Morgan fingerprint density at radius 1 is 0.479 bits per heavy atom. The molecule has 48 heavy (non-hydrogen) atoms. The minimum absolute atomic E-state index is 0.192. The number of esters is 2. The Balaban J connectivity index is 1.07. The Kier molecular flexibility index (Phi) is 6.92. The highest BCUT2D eigenvalue weighted by Gasteiger charge is 2.51. The average molecular weight is 641 g/mol. The molecule has 5 aromatic carbocycles. The van der Waals surface area contributed by atoms with Crippen molar-refractivity contribution in [3.63, 3.8) is 0 Å². The van der Waals surface area contributed by atoms with Gasteiger partial charge in [0.25, 0.3) is 0 Å². The topological polar surface area (TPSA) is 52.6 Å². The van der Waals surface area contributed by atoms with Crippen LogP contribution in [0.4, 0.5) is 0 Å². The lowest BCUT2D eigenvalue weighted by molar-refractivity contribution is -0.106. The van der Waals surface area contributed by atoms with Crippen LogP contribution in [0.1, 0.15) is 137 Å². The van der Waals surface area contributed by atoms with Crippen LogP contribution in [-0.2, 0) is 9.47 Å². The first-order chi connectivity index (χ1) is 23.3. The molecule has 0 atom stereocenters. The van der Waals surface area contributed by atoms with Crippen LogP contribution in [0.25, 0.3) is 43.1 Å². The quantitative estimate of drug-likeness (QED) is 0.0962. The fourth-order valence-corrected chi connectivity index (χ4v) is 11.1. The molecule has 6 saturated carbocycles. The zero-order valence-electron chi connectivity index (χ0n) is 28.7. The van der Waals surface area contributed by atoms with Gasteiger partial charge < -0.3 is 9.47 Å². The molecule has 4 bridgehead atoms. The maximum atomic E-state index is 14.0. The van der Waals surface area contributed by atoms with E-state index in [1.165, 1.54) is 64.2 Å². The summed E-state index contributed by atoms with van der Waals surface area (Å²) in [4.78, 5) is 28.0. The van der Waals surface area contributed by atoms with E-state index in [4.69, 9.17) is 9.47 Å². The minimum atomic E-state index is -0.317. The Hall–Kier alpha value is -3.66. The highest BCUT2D eigenvalue weighted by molar-refractivity contribution is 6.35. The van der Waals surface area contributed by atoms with E-state index < -0.39 is 0 Å². The Bertz CT molecular complexity index is 1870. The third kappa shape index (κ3) is 4.53. The molecule has 0 amide bonds. The van der Waals surface area contributed by atoms with Crippen molar-refractivity contribution in [1.82, 2.24) is 0 Å². The zero-order chi connectivity index (χ0) is 32.7. The Morgan fingerprint density at radius 2 is 0.812 bits per heavy atom. The number of hydrogen-bond acceptors (Lipinski definition) is 4. The Labute approximate surface area is 283 Å². The van der Waals surface area contributed by atoms with Crippen molar-refractivity contribution in [1.29, 1.82) is 0 Å². The molecule has 0 N–H and O–H groups in total. The van der Waals surface area contributed by atoms with Gasteiger partial charge >= 0.3 is 11.9 Å². The van der Waals surface area contributed by atoms with Gasteiger partial charge in [0, 0.05) is 0 Å². The summed E-state index contributed by atoms with van der Waals surface area (Å²) in [6, 6.07) is 20.7. The molecular weight excluding hydrogens is 592 g/mol. The third-order valence-corrected chi connectivity index (χ3v) is 13.9. The molecule has 248 valence electrons. The monoisotopic (exact) mass is 640 g/mol. The second kappa shape index (κ2) is 10.9. The summed E-state index contributed by atoms with van der Waals surface area (Å²) in [7, 11) is 0. The summed E-state index contributed by atoms with van der Waals surface area (Å²) in [5.41, 5.74) is 1.62. The van der Waals surface area contributed by atoms with E-state index in [-0.39, 0.29) is 23.1 Å². The van der Waals surface area contributed by atoms with E-state index in [9.17, 15) is 9.59 Å². The summed E-state index contributed by atoms with van der Waals surface area (Å²) < 4.78 is 13.0. The lowest BCUT2D eigenvalue weighted by Gasteiger charge is -2.52. The van der Waals surface area contributed by atoms with Gasteiger partial charge in [-0.2, -0.15) is 0 Å². The van der Waals surface area contributed by atoms with E-state index in [0.717, 1.165) is 81.6 Å². The van der Waals surface area contributed by atoms with Crippen molar-refractivity contribution in [3.05, 3.63) is 71.8 Å². The number of fused-ring (bicyclic) bond motifs is 8. The smallest absolute Gasteiger partial charge is 0.339 e. The summed E-state index contributed by atoms with van der Waals surface area (Å²) in [5, 5.41) is 8.47. The van der Waals surface area contributed by atoms with Crippen molar-refractivity contribution in [2.24, 2.45) is 10.8 Å². The van der Waals surface area contributed by atoms with Crippen molar-refractivity contribution < 1.29 is 19.1 Å². The van der Waals surface area contributed by atoms with Crippen LogP contribution in [0.2, 0.25) is 0 Å². The first-order valence-electron chi connectivity index (χ1n) is 18.9. The highest BCUT2D eigenvalue weighted by atomic mass is 16.6. The van der Waals surface area contributed by atoms with Gasteiger partial charge in [0.15, 0.2) is 0 Å². The van der Waals surface area contributed by atoms with Crippen LogP contribution < -0.4 is 0 Å². The van der Waals surface area contributed by atoms with Gasteiger partial charge in [-0.25, -0.2) is 9.59 Å². The van der Waals surface area contributed by atoms with E-state index in [0.29, 0.717) is 22.0 Å². The zero-order valence-corrected chi connectivity index (χ0v) is 28.7. The molecule has 11 rings (SSSR count). The maximum absolute atomic E-state index is 14.0. The van der Waals surface area contributed by atoms with Gasteiger partial charge in [0.1, 0.15) is 11.2 Å². The summed E-state index contributed by atoms with van der Waals surface area (Å²) >= 11 is 0. The second-order valence-electron chi connectivity index (χ2n) is 16.4. The summed E-state index contributed by atoms with van der Waals surface area (Å²) in [5.74, 6) is -0.384. The standard InChI is InChI=1S/C44H48O4/c1-3-15-41-17-23-43(24-18-41,25-19-41)47-39(45)35-13-11-33-34-12-14-36(40(46)48-44-26-20-42(16-4-2,21-27-44)22-28-44)32-10-6-8-30(38(32)34)29-7-5-9-31(35)37(29)33/h5-14H,3-4,15-28H2,1-2H3. The van der Waals surface area contributed by atoms with Gasteiger partial charge in [0.2, 0.25) is 0 Å². The van der Waals surface area contributed by atoms with Crippen LogP contribution in [-0.4, -0.2) is 23.1 Å². The highest BCUT2D eigenvalue weighted by Crippen LogP contribution is 2.57. The van der Waals surface area contributed by atoms with Crippen LogP contribution in [0.5, 0.6) is 0 Å². The first-order valence-corrected chi connectivity index (χ1v) is 18.9. The number of carbonyl (C=O) groups excluding carboxylic acids is 2. The molecular formula is C44H48O4. The second-order valence-corrected chi connectivity index (χ2v) is 16.4. The minimum Gasteiger partial charge on any atom is -0.455 e. The molecule has 0 saturated heterocycles. The predicted molar refractivity (Wildman–Crippen MR) is 194 cm³/mol. The number of carbonyl (C=O) groups is 2. The molecule has 0 spiro atoms. The average Bonchev–Trinajstić information content (AvgIpc) is 3.12. The lowest BCUT2D eigenvalue weighted by atomic mass is 9.57. The number of ether oxygens (including phenoxy) is 2. The van der Waals surface area contributed by atoms with Gasteiger partial charge in [0.05, 0.1) is 11.1 Å². The fourth-order valence-electron chi connectivity index (χ4n) is 11.1. The van der Waals surface area contributed by atoms with E-state index in [1.807, 2.05) is 12.1 Å². The molecule has 0 radical (unpaired) electrons. The van der Waals surface area contributed by atoms with Crippen LogP contribution in [0.15, 0.2) is 60.7 Å². The molecule has 6 fully saturated rings. The maximum Gasteiger partial charge on any atom is 0.339 e. The fraction of sp³-hybridized carbons (Fsp3) is 0.500. The van der Waals surface area contributed by atoms with E-state index >= 15 is 0 Å². The SMILES string of the molecule is CCCC12CCC(OC(=O)c3ccc4c5ccc(C(=O)OC67CCC(CCC)(CC6)CC7)c6cccc(c7cccc3c74)c65)(CC1)CC2. The van der Waals surface area contributed by atoms with Crippen molar-refractivity contribution >= 4 is 55.0 Å². The van der Waals surface area contributed by atoms with Crippen molar-refractivity contribution in [3.8, 4) is 0 Å². The van der Waals surface area contributed by atoms with Gasteiger partial charge in [-0.15, -0.1) is 0 Å². The molecule has 5 aromatic rings. The first kappa shape index (κ1) is 30.4. The largest absolute Gasteiger partial charge is 0.455 e. The summed E-state index contributed by atoms with van der Waals surface area (Å²) in [6.45, 7) is 4.58. The number of hydrogen-bond donors (Lipinski definition) is 0. The molecule has 0 aromatic heterocycles. The normalized spacial score (nSPS) is 29.7. The van der Waals surface area contributed by atoms with Gasteiger partial charge in [-0.1, -0.05) is 75.2 Å². The third-order valence-electron chi connectivity index (χ3n) is 13.9. The van der Waals surface area contributed by atoms with Crippen LogP contribution in [0, 0.1) is 10.8 Å². The molecule has 4 heteroatoms. The summed E-state index contributed by atoms with van der Waals surface area (Å²) in [6.07, 6.45) is 18.0. The van der Waals surface area contributed by atoms with Gasteiger partial charge in [-0.05, 0) is 156 Å². The molecule has 0 heterocycles. The van der Waals surface area contributed by atoms with E-state index in [2.05, 4.69) is 62.4 Å². The van der Waals surface area contributed by atoms with Crippen LogP contribution in [0.3, 0.4) is 0 Å². The molecule has 6 aliphatic rings. The molecule has 4 nitrogen and oxygen atoms in total. The Morgan fingerprint density at radius 3 is 1.17 bits per heavy atom. The predicted octanol–water partition coefficient (Wildman–Crippen LogP) is 11.8. The molecule has 0 unspecified atom stereocenters. The molecule has 0 aliphatic heterocycles. The van der Waals surface area contributed by atoms with E-state index in [1.54, 1.807) is 0 Å². The van der Waals surface area contributed by atoms with Crippen molar-refractivity contribution in [2.75, 3.05) is 0 Å². The van der Waals surface area contributed by atoms with Crippen LogP contribution >= 0.6 is 0 Å².